The molecule has 3 rings (SSSR count). The lowest BCUT2D eigenvalue weighted by Crippen LogP contribution is -2.26. The molecule has 0 radical (unpaired) electrons. The van der Waals surface area contributed by atoms with Crippen molar-refractivity contribution in [3.8, 4) is 0 Å². The number of hydrogen-bond donors (Lipinski definition) is 3. The van der Waals surface area contributed by atoms with E-state index in [1.54, 1.807) is 0 Å². The van der Waals surface area contributed by atoms with E-state index in [0.29, 0.717) is 25.7 Å². The molecule has 6 heteroatoms. The van der Waals surface area contributed by atoms with E-state index >= 15 is 0 Å². The molecule has 1 aliphatic carbocycles. The summed E-state index contributed by atoms with van der Waals surface area (Å²) in [6.45, 7) is 5.29. The molecule has 0 bridgehead atoms. The molecule has 22 heavy (non-hydrogen) atoms. The number of anilines is 1. The molecule has 6 nitrogen and oxygen atoms in total. The Hall–Kier alpha value is -1.24. The SMILES string of the molecule is CCOC[C@H](O)CNc1nc(C2CC2)nc2c1CCNCC2. The number of hydrogen-bond acceptors (Lipinski definition) is 6. The molecule has 122 valence electrons. The summed E-state index contributed by atoms with van der Waals surface area (Å²) in [7, 11) is 0. The molecule has 0 aromatic carbocycles. The molecule has 3 N–H and O–H groups in total. The lowest BCUT2D eigenvalue weighted by Gasteiger charge is -2.17. The number of fused-ring (bicyclic) bond motifs is 1. The average Bonchev–Trinajstić information content (AvgIpc) is 3.36. The summed E-state index contributed by atoms with van der Waals surface area (Å²) in [4.78, 5) is 9.53. The minimum absolute atomic E-state index is 0.355. The zero-order valence-corrected chi connectivity index (χ0v) is 13.3. The highest BCUT2D eigenvalue weighted by Crippen LogP contribution is 2.39. The first-order valence-electron chi connectivity index (χ1n) is 8.38. The van der Waals surface area contributed by atoms with E-state index in [4.69, 9.17) is 14.7 Å². The summed E-state index contributed by atoms with van der Waals surface area (Å²) in [5.41, 5.74) is 2.38. The van der Waals surface area contributed by atoms with Crippen molar-refractivity contribution in [3.05, 3.63) is 17.1 Å². The second kappa shape index (κ2) is 7.35. The number of nitrogens with zero attached hydrogens (tertiary/aromatic N) is 2. The van der Waals surface area contributed by atoms with E-state index in [-0.39, 0.29) is 0 Å². The monoisotopic (exact) mass is 306 g/mol. The van der Waals surface area contributed by atoms with E-state index in [2.05, 4.69) is 10.6 Å². The molecule has 1 aliphatic heterocycles. The highest BCUT2D eigenvalue weighted by molar-refractivity contribution is 5.48. The van der Waals surface area contributed by atoms with E-state index < -0.39 is 6.10 Å². The normalized spacial score (nSPS) is 19.4. The molecule has 0 spiro atoms. The van der Waals surface area contributed by atoms with Crippen LogP contribution in [-0.4, -0.2) is 54.0 Å². The average molecular weight is 306 g/mol. The van der Waals surface area contributed by atoms with Gasteiger partial charge in [-0.05, 0) is 32.7 Å². The van der Waals surface area contributed by atoms with E-state index in [9.17, 15) is 5.11 Å². The first-order chi connectivity index (χ1) is 10.8. The quantitative estimate of drug-likeness (QED) is 0.693. The van der Waals surface area contributed by atoms with Gasteiger partial charge in [0.25, 0.3) is 0 Å². The second-order valence-corrected chi connectivity index (χ2v) is 6.07. The second-order valence-electron chi connectivity index (χ2n) is 6.07. The number of ether oxygens (including phenoxy) is 1. The van der Waals surface area contributed by atoms with Gasteiger partial charge in [0.1, 0.15) is 11.6 Å². The van der Waals surface area contributed by atoms with Crippen molar-refractivity contribution in [2.24, 2.45) is 0 Å². The zero-order valence-electron chi connectivity index (χ0n) is 13.3. The number of aliphatic hydroxyl groups is 1. The molecule has 1 saturated carbocycles. The van der Waals surface area contributed by atoms with Crippen molar-refractivity contribution in [2.45, 2.75) is 44.6 Å². The third-order valence-corrected chi connectivity index (χ3v) is 4.16. The number of aromatic nitrogens is 2. The third kappa shape index (κ3) is 3.94. The van der Waals surface area contributed by atoms with Gasteiger partial charge in [0.05, 0.1) is 18.4 Å². The van der Waals surface area contributed by atoms with Crippen LogP contribution in [-0.2, 0) is 17.6 Å². The Labute approximate surface area is 131 Å². The summed E-state index contributed by atoms with van der Waals surface area (Å²) in [6, 6.07) is 0. The molecule has 2 heterocycles. The Morgan fingerprint density at radius 1 is 1.32 bits per heavy atom. The molecule has 0 saturated heterocycles. The van der Waals surface area contributed by atoms with Crippen molar-refractivity contribution in [1.29, 1.82) is 0 Å². The maximum absolute atomic E-state index is 9.95. The summed E-state index contributed by atoms with van der Waals surface area (Å²) >= 11 is 0. The predicted octanol–water partition coefficient (Wildman–Crippen LogP) is 0.851. The molecule has 1 aromatic rings. The van der Waals surface area contributed by atoms with Crippen LogP contribution in [0, 0.1) is 0 Å². The lowest BCUT2D eigenvalue weighted by atomic mass is 10.1. The molecule has 0 amide bonds. The van der Waals surface area contributed by atoms with Crippen molar-refractivity contribution in [3.63, 3.8) is 0 Å². The number of aliphatic hydroxyl groups excluding tert-OH is 1. The van der Waals surface area contributed by atoms with Gasteiger partial charge in [-0.25, -0.2) is 9.97 Å². The fourth-order valence-electron chi connectivity index (χ4n) is 2.76. The lowest BCUT2D eigenvalue weighted by molar-refractivity contribution is 0.0495. The van der Waals surface area contributed by atoms with Gasteiger partial charge in [-0.15, -0.1) is 0 Å². The summed E-state index contributed by atoms with van der Waals surface area (Å²) in [5.74, 6) is 2.42. The van der Waals surface area contributed by atoms with E-state index in [1.807, 2.05) is 6.92 Å². The Kier molecular flexibility index (Phi) is 5.23. The highest BCUT2D eigenvalue weighted by atomic mass is 16.5. The third-order valence-electron chi connectivity index (χ3n) is 4.16. The predicted molar refractivity (Wildman–Crippen MR) is 85.3 cm³/mol. The van der Waals surface area contributed by atoms with Crippen molar-refractivity contribution >= 4 is 5.82 Å². The van der Waals surface area contributed by atoms with Gasteiger partial charge in [0.2, 0.25) is 0 Å². The topological polar surface area (TPSA) is 79.3 Å². The van der Waals surface area contributed by atoms with E-state index in [0.717, 1.165) is 37.6 Å². The van der Waals surface area contributed by atoms with Gasteiger partial charge in [-0.2, -0.15) is 0 Å². The van der Waals surface area contributed by atoms with E-state index in [1.165, 1.54) is 24.1 Å². The van der Waals surface area contributed by atoms with Gasteiger partial charge in [0.15, 0.2) is 0 Å². The van der Waals surface area contributed by atoms with Gasteiger partial charge in [-0.3, -0.25) is 0 Å². The molecule has 1 aromatic heterocycles. The first kappa shape index (κ1) is 15.6. The van der Waals surface area contributed by atoms with Crippen LogP contribution in [0.2, 0.25) is 0 Å². The molecule has 1 fully saturated rings. The maximum Gasteiger partial charge on any atom is 0.134 e. The van der Waals surface area contributed by atoms with Crippen LogP contribution in [0.3, 0.4) is 0 Å². The Balaban J connectivity index is 1.74. The highest BCUT2D eigenvalue weighted by Gasteiger charge is 2.29. The van der Waals surface area contributed by atoms with Gasteiger partial charge in [0, 0.05) is 37.6 Å². The standard InChI is InChI=1S/C16H26N4O2/c1-2-22-10-12(21)9-18-16-13-5-7-17-8-6-14(13)19-15(20-16)11-3-4-11/h11-12,17,21H,2-10H2,1H3,(H,18,19,20)/t12-/m1/s1. The van der Waals surface area contributed by atoms with Crippen molar-refractivity contribution in [1.82, 2.24) is 15.3 Å². The van der Waals surface area contributed by atoms with Crippen LogP contribution in [0.5, 0.6) is 0 Å². The largest absolute Gasteiger partial charge is 0.389 e. The fraction of sp³-hybridized carbons (Fsp3) is 0.750. The zero-order chi connectivity index (χ0) is 15.4. The number of rotatable bonds is 7. The van der Waals surface area contributed by atoms with Crippen LogP contribution in [0.15, 0.2) is 0 Å². The molecular formula is C16H26N4O2. The van der Waals surface area contributed by atoms with Crippen molar-refractivity contribution in [2.75, 3.05) is 38.2 Å². The Morgan fingerprint density at radius 3 is 2.91 bits per heavy atom. The smallest absolute Gasteiger partial charge is 0.134 e. The first-order valence-corrected chi connectivity index (χ1v) is 8.38. The summed E-state index contributed by atoms with van der Waals surface area (Å²) in [5, 5.41) is 16.7. The molecule has 0 unspecified atom stereocenters. The minimum Gasteiger partial charge on any atom is -0.389 e. The minimum atomic E-state index is -0.515. The number of nitrogens with one attached hydrogen (secondary N) is 2. The van der Waals surface area contributed by atoms with Crippen LogP contribution in [0.1, 0.15) is 42.8 Å². The van der Waals surface area contributed by atoms with Gasteiger partial charge in [-0.1, -0.05) is 0 Å². The fourth-order valence-corrected chi connectivity index (χ4v) is 2.76. The van der Waals surface area contributed by atoms with Gasteiger partial charge >= 0.3 is 0 Å². The Morgan fingerprint density at radius 2 is 2.14 bits per heavy atom. The van der Waals surface area contributed by atoms with Gasteiger partial charge < -0.3 is 20.5 Å². The molecule has 2 aliphatic rings. The maximum atomic E-state index is 9.95. The molecule has 1 atom stereocenters. The molecular weight excluding hydrogens is 280 g/mol. The Bertz CT molecular complexity index is 505. The van der Waals surface area contributed by atoms with Crippen LogP contribution in [0.25, 0.3) is 0 Å². The summed E-state index contributed by atoms with van der Waals surface area (Å²) < 4.78 is 5.26. The van der Waals surface area contributed by atoms with Crippen LogP contribution >= 0.6 is 0 Å². The van der Waals surface area contributed by atoms with Crippen molar-refractivity contribution < 1.29 is 9.84 Å². The van der Waals surface area contributed by atoms with Crippen LogP contribution < -0.4 is 10.6 Å². The van der Waals surface area contributed by atoms with Crippen LogP contribution in [0.4, 0.5) is 5.82 Å². The summed E-state index contributed by atoms with van der Waals surface area (Å²) in [6.07, 6.45) is 3.77.